The first-order valence-corrected chi connectivity index (χ1v) is 8.97. The molecule has 6 N–H and O–H groups in total. The summed E-state index contributed by atoms with van der Waals surface area (Å²) in [7, 11) is 1.51. The molecule has 0 bridgehead atoms. The van der Waals surface area contributed by atoms with E-state index in [2.05, 4.69) is 10.4 Å². The monoisotopic (exact) mass is 379 g/mol. The van der Waals surface area contributed by atoms with Crippen LogP contribution in [0.1, 0.15) is 5.56 Å². The average Bonchev–Trinajstić information content (AvgIpc) is 3.19. The molecule has 8 heteroatoms. The number of methoxy groups -OCH3 is 1. The second-order valence-electron chi connectivity index (χ2n) is 5.88. The van der Waals surface area contributed by atoms with Crippen molar-refractivity contribution in [3.05, 3.63) is 53.4 Å². The average molecular weight is 379 g/mol. The normalized spacial score (nSPS) is 11.8. The zero-order valence-electron chi connectivity index (χ0n) is 14.4. The topological polar surface area (TPSA) is 119 Å². The molecule has 136 valence electrons. The Balaban J connectivity index is 1.87. The van der Waals surface area contributed by atoms with Crippen molar-refractivity contribution in [1.29, 1.82) is 0 Å². The molecule has 7 nitrogen and oxygen atoms in total. The Labute approximate surface area is 158 Å². The summed E-state index contributed by atoms with van der Waals surface area (Å²) in [5, 5.41) is 20.7. The highest BCUT2D eigenvalue weighted by Gasteiger charge is 2.12. The molecular weight excluding hydrogens is 362 g/mol. The fourth-order valence-corrected chi connectivity index (χ4v) is 3.85. The van der Waals surface area contributed by atoms with Gasteiger partial charge in [-0.15, -0.1) is 11.3 Å². The van der Waals surface area contributed by atoms with Crippen molar-refractivity contribution in [3.63, 3.8) is 0 Å². The quantitative estimate of drug-likeness (QED) is 0.142. The summed E-state index contributed by atoms with van der Waals surface area (Å²) < 4.78 is 6.29. The van der Waals surface area contributed by atoms with Gasteiger partial charge in [0.2, 0.25) is 0 Å². The fourth-order valence-electron chi connectivity index (χ4n) is 2.92. The lowest BCUT2D eigenvalue weighted by molar-refractivity contribution is 0.374. The third-order valence-corrected chi connectivity index (χ3v) is 5.22. The molecule has 0 fully saturated rings. The highest BCUT2D eigenvalue weighted by atomic mass is 32.1. The molecule has 2 aromatic carbocycles. The number of hydrogen-bond acceptors (Lipinski definition) is 7. The van der Waals surface area contributed by atoms with Crippen molar-refractivity contribution in [2.45, 2.75) is 0 Å². The Morgan fingerprint density at radius 3 is 2.81 bits per heavy atom. The Morgan fingerprint density at radius 2 is 2.04 bits per heavy atom. The maximum Gasteiger partial charge on any atom is 0.162 e. The number of hydrazone groups is 1. The van der Waals surface area contributed by atoms with Crippen molar-refractivity contribution in [1.82, 2.24) is 4.98 Å². The van der Waals surface area contributed by atoms with Crippen LogP contribution >= 0.6 is 11.3 Å². The number of fused-ring (bicyclic) bond motifs is 3. The van der Waals surface area contributed by atoms with Crippen molar-refractivity contribution >= 4 is 49.7 Å². The van der Waals surface area contributed by atoms with Crippen molar-refractivity contribution in [2.24, 2.45) is 16.7 Å². The number of hydrogen-bond donors (Lipinski definition) is 4. The molecule has 0 atom stereocenters. The Kier molecular flexibility index (Phi) is 4.17. The number of nitrogens with one attached hydrogen (secondary N) is 1. The van der Waals surface area contributed by atoms with Crippen LogP contribution in [0.4, 0.5) is 11.5 Å². The van der Waals surface area contributed by atoms with Crippen LogP contribution in [0.15, 0.2) is 52.9 Å². The van der Waals surface area contributed by atoms with E-state index < -0.39 is 0 Å². The molecule has 4 aromatic rings. The molecule has 4 rings (SSSR count). The van der Waals surface area contributed by atoms with Crippen molar-refractivity contribution in [2.75, 3.05) is 12.4 Å². The van der Waals surface area contributed by atoms with Gasteiger partial charge in [-0.1, -0.05) is 12.1 Å². The summed E-state index contributed by atoms with van der Waals surface area (Å²) >= 11 is 1.64. The summed E-state index contributed by atoms with van der Waals surface area (Å²) in [6.07, 6.45) is 0. The predicted molar refractivity (Wildman–Crippen MR) is 110 cm³/mol. The second kappa shape index (κ2) is 6.65. The molecule has 0 aliphatic rings. The first-order valence-electron chi connectivity index (χ1n) is 8.09. The molecule has 0 saturated heterocycles. The number of aromatic hydroxyl groups is 1. The van der Waals surface area contributed by atoms with Crippen molar-refractivity contribution < 1.29 is 9.84 Å². The van der Waals surface area contributed by atoms with E-state index in [-0.39, 0.29) is 11.6 Å². The zero-order valence-corrected chi connectivity index (χ0v) is 15.2. The van der Waals surface area contributed by atoms with Gasteiger partial charge in [-0.3, -0.25) is 0 Å². The largest absolute Gasteiger partial charge is 0.504 e. The zero-order chi connectivity index (χ0) is 19.0. The number of amidine groups is 1. The van der Waals surface area contributed by atoms with E-state index in [1.807, 2.05) is 29.6 Å². The SMILES string of the molecule is COc1cc(Nc2nc3cc(/C(N)=N/N)ccc3c3sccc23)ccc1O. The smallest absolute Gasteiger partial charge is 0.162 e. The van der Waals surface area contributed by atoms with E-state index >= 15 is 0 Å². The molecule has 0 amide bonds. The fraction of sp³-hybridized carbons (Fsp3) is 0.0526. The first kappa shape index (κ1) is 16.9. The van der Waals surface area contributed by atoms with Crippen LogP contribution in [-0.4, -0.2) is 23.0 Å². The van der Waals surface area contributed by atoms with Crippen LogP contribution in [0.5, 0.6) is 11.5 Å². The van der Waals surface area contributed by atoms with Gasteiger partial charge in [0.25, 0.3) is 0 Å². The Bertz CT molecular complexity index is 1190. The maximum absolute atomic E-state index is 9.79. The van der Waals surface area contributed by atoms with Gasteiger partial charge >= 0.3 is 0 Å². The van der Waals surface area contributed by atoms with Crippen LogP contribution in [0.3, 0.4) is 0 Å². The van der Waals surface area contributed by atoms with Gasteiger partial charge in [0.05, 0.1) is 12.6 Å². The highest BCUT2D eigenvalue weighted by Crippen LogP contribution is 2.36. The number of ether oxygens (including phenoxy) is 1. The van der Waals surface area contributed by atoms with E-state index in [1.54, 1.807) is 29.5 Å². The predicted octanol–water partition coefficient (Wildman–Crippen LogP) is 3.49. The van der Waals surface area contributed by atoms with Gasteiger partial charge in [-0.25, -0.2) is 4.98 Å². The molecule has 2 heterocycles. The number of anilines is 2. The Morgan fingerprint density at radius 1 is 1.19 bits per heavy atom. The van der Waals surface area contributed by atoms with Crippen molar-refractivity contribution in [3.8, 4) is 11.5 Å². The Hall–Kier alpha value is -3.52. The van der Waals surface area contributed by atoms with E-state index in [1.165, 1.54) is 7.11 Å². The number of rotatable bonds is 4. The molecule has 0 spiro atoms. The third-order valence-electron chi connectivity index (χ3n) is 4.27. The molecule has 2 aromatic heterocycles. The van der Waals surface area contributed by atoms with Crippen LogP contribution in [0.25, 0.3) is 21.0 Å². The van der Waals surface area contributed by atoms with Gasteiger partial charge in [0.15, 0.2) is 11.5 Å². The number of phenolic OH excluding ortho intramolecular Hbond substituents is 1. The van der Waals surface area contributed by atoms with Gasteiger partial charge in [-0.05, 0) is 29.6 Å². The summed E-state index contributed by atoms with van der Waals surface area (Å²) in [6.45, 7) is 0. The van der Waals surface area contributed by atoms with E-state index in [0.717, 1.165) is 26.7 Å². The van der Waals surface area contributed by atoms with E-state index in [4.69, 9.17) is 21.3 Å². The summed E-state index contributed by atoms with van der Waals surface area (Å²) in [4.78, 5) is 4.77. The number of pyridine rings is 1. The lowest BCUT2D eigenvalue weighted by atomic mass is 10.1. The molecule has 0 aliphatic carbocycles. The summed E-state index contributed by atoms with van der Waals surface area (Å²) in [5.41, 5.74) is 8.08. The number of aromatic nitrogens is 1. The van der Waals surface area contributed by atoms with Crippen LogP contribution in [0.2, 0.25) is 0 Å². The lowest BCUT2D eigenvalue weighted by Gasteiger charge is -2.12. The van der Waals surface area contributed by atoms with E-state index in [0.29, 0.717) is 17.1 Å². The maximum atomic E-state index is 9.79. The highest BCUT2D eigenvalue weighted by molar-refractivity contribution is 7.18. The van der Waals surface area contributed by atoms with Gasteiger partial charge in [0, 0.05) is 32.8 Å². The molecule has 0 aliphatic heterocycles. The number of nitrogens with zero attached hydrogens (tertiary/aromatic N) is 2. The van der Waals surface area contributed by atoms with Crippen LogP contribution in [0, 0.1) is 0 Å². The standard InChI is InChI=1S/C19H17N5O2S/c1-26-16-9-11(3-5-15(16)25)22-19-13-6-7-27-17(13)12-4-2-10(18(20)24-21)8-14(12)23-19/h2-9,25H,21H2,1H3,(H2,20,24)(H,22,23). The minimum absolute atomic E-state index is 0.0800. The molecular formula is C19H17N5O2S. The summed E-state index contributed by atoms with van der Waals surface area (Å²) in [6, 6.07) is 12.8. The minimum Gasteiger partial charge on any atom is -0.504 e. The van der Waals surface area contributed by atoms with Gasteiger partial charge < -0.3 is 26.7 Å². The molecule has 0 unspecified atom stereocenters. The van der Waals surface area contributed by atoms with Gasteiger partial charge in [-0.2, -0.15) is 5.10 Å². The van der Waals surface area contributed by atoms with Crippen LogP contribution in [-0.2, 0) is 0 Å². The first-order chi connectivity index (χ1) is 13.1. The minimum atomic E-state index is 0.0800. The lowest BCUT2D eigenvalue weighted by Crippen LogP contribution is -2.15. The molecule has 0 saturated carbocycles. The molecule has 0 radical (unpaired) electrons. The number of thiophene rings is 1. The molecule has 27 heavy (non-hydrogen) atoms. The summed E-state index contributed by atoms with van der Waals surface area (Å²) in [5.74, 6) is 6.71. The number of nitrogens with two attached hydrogens (primary N) is 2. The van der Waals surface area contributed by atoms with Crippen LogP contribution < -0.4 is 21.6 Å². The van der Waals surface area contributed by atoms with Gasteiger partial charge in [0.1, 0.15) is 11.7 Å². The number of phenols is 1. The third kappa shape index (κ3) is 2.96. The van der Waals surface area contributed by atoms with E-state index in [9.17, 15) is 5.11 Å². The second-order valence-corrected chi connectivity index (χ2v) is 6.80. The number of benzene rings is 2.